The number of likely N-dealkylation sites (tertiary alicyclic amines) is 1. The molecular weight excluding hydrogens is 345 g/mol. The minimum Gasteiger partial charge on any atom is -0.339 e. The monoisotopic (exact) mass is 373 g/mol. The summed E-state index contributed by atoms with van der Waals surface area (Å²) in [5.41, 5.74) is 0.670. The maximum atomic E-state index is 13.2. The molecule has 0 aromatic heterocycles. The molecule has 3 rings (SSSR count). The molecule has 0 radical (unpaired) electrons. The number of carbonyl (C=O) groups excluding carboxylic acids is 2. The van der Waals surface area contributed by atoms with E-state index in [0.717, 1.165) is 19.4 Å². The van der Waals surface area contributed by atoms with Gasteiger partial charge in [-0.15, -0.1) is 0 Å². The predicted octanol–water partition coefficient (Wildman–Crippen LogP) is 2.38. The van der Waals surface area contributed by atoms with E-state index in [1.807, 2.05) is 4.90 Å². The second-order valence-corrected chi connectivity index (χ2v) is 7.42. The lowest BCUT2D eigenvalue weighted by atomic mass is 10.0. The van der Waals surface area contributed by atoms with Crippen molar-refractivity contribution in [1.82, 2.24) is 14.7 Å². The summed E-state index contributed by atoms with van der Waals surface area (Å²) in [6, 6.07) is 6.50. The molecule has 0 N–H and O–H groups in total. The van der Waals surface area contributed by atoms with Gasteiger partial charge in [0.15, 0.2) is 0 Å². The maximum Gasteiger partial charge on any atom is 0.246 e. The standard InChI is InChI=1S/C21H28FN3O2/c1-17-5-2-3-10-25(17)21(27)16-23-11-13-24(14-12-23)20(26)9-8-18-6-4-7-19(22)15-18/h4,6-9,15,17H,2-3,5,10-14,16H2,1H3/b9-8+. The van der Waals surface area contributed by atoms with Gasteiger partial charge < -0.3 is 9.80 Å². The first-order valence-corrected chi connectivity index (χ1v) is 9.77. The number of amides is 2. The molecule has 146 valence electrons. The van der Waals surface area contributed by atoms with Crippen LogP contribution in [0.25, 0.3) is 6.08 Å². The molecule has 2 aliphatic rings. The first-order valence-electron chi connectivity index (χ1n) is 9.77. The van der Waals surface area contributed by atoms with E-state index in [9.17, 15) is 14.0 Å². The minimum atomic E-state index is -0.314. The Labute approximate surface area is 160 Å². The highest BCUT2D eigenvalue weighted by Gasteiger charge is 2.26. The number of carbonyl (C=O) groups is 2. The van der Waals surface area contributed by atoms with Gasteiger partial charge in [0, 0.05) is 44.8 Å². The number of benzene rings is 1. The molecule has 0 bridgehead atoms. The van der Waals surface area contributed by atoms with Gasteiger partial charge in [-0.3, -0.25) is 14.5 Å². The normalized spacial score (nSPS) is 21.6. The van der Waals surface area contributed by atoms with Crippen molar-refractivity contribution in [2.75, 3.05) is 39.3 Å². The molecule has 1 atom stereocenters. The predicted molar refractivity (Wildman–Crippen MR) is 103 cm³/mol. The van der Waals surface area contributed by atoms with Gasteiger partial charge in [0.25, 0.3) is 0 Å². The highest BCUT2D eigenvalue weighted by molar-refractivity contribution is 5.91. The van der Waals surface area contributed by atoms with E-state index < -0.39 is 0 Å². The van der Waals surface area contributed by atoms with E-state index in [2.05, 4.69) is 11.8 Å². The Morgan fingerprint density at radius 2 is 1.93 bits per heavy atom. The molecule has 2 aliphatic heterocycles. The van der Waals surface area contributed by atoms with Crippen LogP contribution in [0, 0.1) is 5.82 Å². The molecule has 6 heteroatoms. The Hall–Kier alpha value is -2.21. The summed E-state index contributed by atoms with van der Waals surface area (Å²) in [4.78, 5) is 30.8. The highest BCUT2D eigenvalue weighted by Crippen LogP contribution is 2.17. The third kappa shape index (κ3) is 5.39. The number of halogens is 1. The Kier molecular flexibility index (Phi) is 6.61. The summed E-state index contributed by atoms with van der Waals surface area (Å²) in [5.74, 6) is -0.186. The number of piperidine rings is 1. The van der Waals surface area contributed by atoms with Gasteiger partial charge in [-0.2, -0.15) is 0 Å². The fraction of sp³-hybridized carbons (Fsp3) is 0.524. The first kappa shape index (κ1) is 19.5. The SMILES string of the molecule is CC1CCCCN1C(=O)CN1CCN(C(=O)/C=C/c2cccc(F)c2)CC1. The van der Waals surface area contributed by atoms with Gasteiger partial charge in [0.2, 0.25) is 11.8 Å². The number of piperazine rings is 1. The summed E-state index contributed by atoms with van der Waals surface area (Å²) < 4.78 is 13.2. The van der Waals surface area contributed by atoms with E-state index in [1.165, 1.54) is 24.6 Å². The smallest absolute Gasteiger partial charge is 0.246 e. The van der Waals surface area contributed by atoms with Crippen LogP contribution in [0.1, 0.15) is 31.7 Å². The lowest BCUT2D eigenvalue weighted by molar-refractivity contribution is -0.136. The van der Waals surface area contributed by atoms with E-state index in [1.54, 1.807) is 23.1 Å². The highest BCUT2D eigenvalue weighted by atomic mass is 19.1. The molecule has 2 saturated heterocycles. The van der Waals surface area contributed by atoms with Gasteiger partial charge in [0.1, 0.15) is 5.82 Å². The lowest BCUT2D eigenvalue weighted by Gasteiger charge is -2.37. The molecule has 2 heterocycles. The molecule has 5 nitrogen and oxygen atoms in total. The third-order valence-corrected chi connectivity index (χ3v) is 5.43. The number of nitrogens with zero attached hydrogens (tertiary/aromatic N) is 3. The van der Waals surface area contributed by atoms with Crippen molar-refractivity contribution in [3.05, 3.63) is 41.7 Å². The largest absolute Gasteiger partial charge is 0.339 e. The Morgan fingerprint density at radius 3 is 2.63 bits per heavy atom. The summed E-state index contributed by atoms with van der Waals surface area (Å²) in [6.07, 6.45) is 6.51. The van der Waals surface area contributed by atoms with Gasteiger partial charge in [-0.05, 0) is 50.0 Å². The average Bonchev–Trinajstić information content (AvgIpc) is 2.67. The van der Waals surface area contributed by atoms with E-state index in [-0.39, 0.29) is 17.6 Å². The van der Waals surface area contributed by atoms with Crippen LogP contribution in [0.4, 0.5) is 4.39 Å². The average molecular weight is 373 g/mol. The van der Waals surface area contributed by atoms with Gasteiger partial charge in [0.05, 0.1) is 6.54 Å². The fourth-order valence-electron chi connectivity index (χ4n) is 3.76. The fourth-order valence-corrected chi connectivity index (χ4v) is 3.76. The van der Waals surface area contributed by atoms with Crippen molar-refractivity contribution < 1.29 is 14.0 Å². The molecule has 2 fully saturated rings. The van der Waals surface area contributed by atoms with Crippen molar-refractivity contribution in [2.45, 2.75) is 32.2 Å². The van der Waals surface area contributed by atoms with Gasteiger partial charge in [-0.25, -0.2) is 4.39 Å². The zero-order valence-electron chi connectivity index (χ0n) is 15.9. The van der Waals surface area contributed by atoms with Crippen LogP contribution >= 0.6 is 0 Å². The maximum absolute atomic E-state index is 13.2. The first-order chi connectivity index (χ1) is 13.0. The third-order valence-electron chi connectivity index (χ3n) is 5.43. The van der Waals surface area contributed by atoms with Crippen LogP contribution in [-0.4, -0.2) is 71.8 Å². The minimum absolute atomic E-state index is 0.0742. The van der Waals surface area contributed by atoms with Crippen molar-refractivity contribution >= 4 is 17.9 Å². The molecule has 1 aromatic rings. The van der Waals surface area contributed by atoms with Crippen LogP contribution in [0.5, 0.6) is 0 Å². The Bertz CT molecular complexity index is 698. The quantitative estimate of drug-likeness (QED) is 0.761. The van der Waals surface area contributed by atoms with Crippen LogP contribution in [-0.2, 0) is 9.59 Å². The van der Waals surface area contributed by atoms with E-state index >= 15 is 0 Å². The summed E-state index contributed by atoms with van der Waals surface area (Å²) in [5, 5.41) is 0. The lowest BCUT2D eigenvalue weighted by Crippen LogP contribution is -2.52. The van der Waals surface area contributed by atoms with Gasteiger partial charge in [-0.1, -0.05) is 12.1 Å². The number of hydrogen-bond acceptors (Lipinski definition) is 3. The van der Waals surface area contributed by atoms with E-state index in [4.69, 9.17) is 0 Å². The molecule has 1 aromatic carbocycles. The molecule has 0 spiro atoms. The number of rotatable bonds is 4. The second kappa shape index (κ2) is 9.13. The second-order valence-electron chi connectivity index (χ2n) is 7.42. The Morgan fingerprint density at radius 1 is 1.15 bits per heavy atom. The van der Waals surface area contributed by atoms with Crippen molar-refractivity contribution in [3.63, 3.8) is 0 Å². The molecule has 1 unspecified atom stereocenters. The Balaban J connectivity index is 1.45. The van der Waals surface area contributed by atoms with Crippen molar-refractivity contribution in [3.8, 4) is 0 Å². The topological polar surface area (TPSA) is 43.9 Å². The molecule has 0 saturated carbocycles. The zero-order valence-corrected chi connectivity index (χ0v) is 15.9. The van der Waals surface area contributed by atoms with Crippen LogP contribution in [0.2, 0.25) is 0 Å². The molecule has 2 amide bonds. The van der Waals surface area contributed by atoms with E-state index in [0.29, 0.717) is 44.3 Å². The molecule has 0 aliphatic carbocycles. The summed E-state index contributed by atoms with van der Waals surface area (Å²) in [6.45, 7) is 6.04. The van der Waals surface area contributed by atoms with Crippen molar-refractivity contribution in [2.24, 2.45) is 0 Å². The molecule has 27 heavy (non-hydrogen) atoms. The van der Waals surface area contributed by atoms with Gasteiger partial charge >= 0.3 is 0 Å². The number of hydrogen-bond donors (Lipinski definition) is 0. The summed E-state index contributed by atoms with van der Waals surface area (Å²) in [7, 11) is 0. The molecular formula is C21H28FN3O2. The van der Waals surface area contributed by atoms with Crippen molar-refractivity contribution in [1.29, 1.82) is 0 Å². The van der Waals surface area contributed by atoms with Crippen LogP contribution < -0.4 is 0 Å². The zero-order chi connectivity index (χ0) is 19.2. The van der Waals surface area contributed by atoms with Crippen LogP contribution in [0.3, 0.4) is 0 Å². The summed E-state index contributed by atoms with van der Waals surface area (Å²) >= 11 is 0. The van der Waals surface area contributed by atoms with Crippen LogP contribution in [0.15, 0.2) is 30.3 Å².